The molecule has 0 amide bonds. The van der Waals surface area contributed by atoms with Crippen LogP contribution in [0.2, 0.25) is 0 Å². The predicted octanol–water partition coefficient (Wildman–Crippen LogP) is 2.41. The van der Waals surface area contributed by atoms with Gasteiger partial charge in [-0.05, 0) is 26.3 Å². The molecule has 1 atom stereocenters. The summed E-state index contributed by atoms with van der Waals surface area (Å²) in [4.78, 5) is 7.13. The average molecular weight is 253 g/mol. The van der Waals surface area contributed by atoms with E-state index in [4.69, 9.17) is 0 Å². The molecule has 0 aliphatic carbocycles. The van der Waals surface area contributed by atoms with Crippen LogP contribution in [-0.2, 0) is 6.54 Å². The minimum Gasteiger partial charge on any atom is -0.313 e. The van der Waals surface area contributed by atoms with Crippen LogP contribution in [-0.4, -0.2) is 35.1 Å². The Labute approximate surface area is 108 Å². The molecule has 0 radical (unpaired) electrons. The van der Waals surface area contributed by atoms with E-state index in [1.54, 1.807) is 11.3 Å². The Bertz CT molecular complexity index is 348. The highest BCUT2D eigenvalue weighted by Gasteiger charge is 2.24. The van der Waals surface area contributed by atoms with Gasteiger partial charge in [-0.25, -0.2) is 4.98 Å². The number of aromatic nitrogens is 1. The summed E-state index contributed by atoms with van der Waals surface area (Å²) in [6.07, 6.45) is 2.65. The third-order valence-electron chi connectivity index (χ3n) is 3.29. The minimum atomic E-state index is 0.582. The molecular weight excluding hydrogens is 230 g/mol. The van der Waals surface area contributed by atoms with E-state index in [1.807, 2.05) is 0 Å². The molecule has 1 aliphatic heterocycles. The lowest BCUT2D eigenvalue weighted by Crippen LogP contribution is -2.39. The molecule has 1 N–H and O–H groups in total. The van der Waals surface area contributed by atoms with Crippen LogP contribution in [0.3, 0.4) is 0 Å². The maximum atomic E-state index is 4.56. The fourth-order valence-corrected chi connectivity index (χ4v) is 3.00. The highest BCUT2D eigenvalue weighted by Crippen LogP contribution is 2.20. The maximum absolute atomic E-state index is 4.56. The van der Waals surface area contributed by atoms with Gasteiger partial charge in [0.1, 0.15) is 0 Å². The Kier molecular flexibility index (Phi) is 4.54. The van der Waals surface area contributed by atoms with Gasteiger partial charge in [-0.2, -0.15) is 0 Å². The summed E-state index contributed by atoms with van der Waals surface area (Å²) in [7, 11) is 0. The molecule has 1 aromatic heterocycles. The monoisotopic (exact) mass is 253 g/mol. The van der Waals surface area contributed by atoms with Crippen molar-refractivity contribution in [1.82, 2.24) is 15.2 Å². The molecule has 3 nitrogen and oxygen atoms in total. The molecule has 1 fully saturated rings. The Morgan fingerprint density at radius 1 is 1.59 bits per heavy atom. The smallest absolute Gasteiger partial charge is 0.0897 e. The predicted molar refractivity (Wildman–Crippen MR) is 73.4 cm³/mol. The highest BCUT2D eigenvalue weighted by atomic mass is 32.1. The van der Waals surface area contributed by atoms with Gasteiger partial charge in [0.25, 0.3) is 0 Å². The van der Waals surface area contributed by atoms with Crippen LogP contribution in [0.25, 0.3) is 0 Å². The zero-order valence-electron chi connectivity index (χ0n) is 11.1. The van der Waals surface area contributed by atoms with Gasteiger partial charge in [0.15, 0.2) is 0 Å². The fraction of sp³-hybridized carbons (Fsp3) is 0.769. The Balaban J connectivity index is 1.86. The summed E-state index contributed by atoms with van der Waals surface area (Å²) in [6, 6.07) is 1.28. The Morgan fingerprint density at radius 2 is 2.41 bits per heavy atom. The zero-order chi connectivity index (χ0) is 12.3. The zero-order valence-corrected chi connectivity index (χ0v) is 11.9. The number of rotatable bonds is 5. The molecule has 2 rings (SSSR count). The lowest BCUT2D eigenvalue weighted by molar-refractivity contribution is 0.234. The van der Waals surface area contributed by atoms with Crippen LogP contribution in [0.4, 0.5) is 0 Å². The lowest BCUT2D eigenvalue weighted by Gasteiger charge is -2.24. The van der Waals surface area contributed by atoms with Crippen molar-refractivity contribution in [3.05, 3.63) is 16.1 Å². The van der Waals surface area contributed by atoms with E-state index in [0.29, 0.717) is 12.1 Å². The van der Waals surface area contributed by atoms with Crippen molar-refractivity contribution < 1.29 is 0 Å². The van der Waals surface area contributed by atoms with Crippen molar-refractivity contribution in [1.29, 1.82) is 0 Å². The van der Waals surface area contributed by atoms with Gasteiger partial charge in [0, 0.05) is 30.6 Å². The van der Waals surface area contributed by atoms with Gasteiger partial charge in [0.05, 0.1) is 10.7 Å². The van der Waals surface area contributed by atoms with E-state index < -0.39 is 0 Å². The van der Waals surface area contributed by atoms with E-state index >= 15 is 0 Å². The molecule has 96 valence electrons. The maximum Gasteiger partial charge on any atom is 0.0897 e. The molecule has 17 heavy (non-hydrogen) atoms. The van der Waals surface area contributed by atoms with E-state index in [2.05, 4.69) is 41.4 Å². The molecule has 2 heterocycles. The first-order chi connectivity index (χ1) is 8.15. The van der Waals surface area contributed by atoms with E-state index in [9.17, 15) is 0 Å². The van der Waals surface area contributed by atoms with Crippen LogP contribution < -0.4 is 5.32 Å². The van der Waals surface area contributed by atoms with Crippen LogP contribution in [0.15, 0.2) is 5.38 Å². The van der Waals surface area contributed by atoms with Crippen molar-refractivity contribution in [2.24, 2.45) is 0 Å². The van der Waals surface area contributed by atoms with E-state index in [1.165, 1.54) is 30.1 Å². The van der Waals surface area contributed by atoms with Gasteiger partial charge in [0.2, 0.25) is 0 Å². The van der Waals surface area contributed by atoms with E-state index in [0.717, 1.165) is 13.1 Å². The SMILES string of the molecule is Cc1nc(CN2CCCC2CNC(C)C)cs1. The van der Waals surface area contributed by atoms with Crippen molar-refractivity contribution >= 4 is 11.3 Å². The summed E-state index contributed by atoms with van der Waals surface area (Å²) >= 11 is 1.75. The molecule has 0 aromatic carbocycles. The molecule has 1 aliphatic rings. The molecule has 1 aromatic rings. The number of thiazole rings is 1. The second-order valence-electron chi connectivity index (χ2n) is 5.19. The molecule has 4 heteroatoms. The number of likely N-dealkylation sites (tertiary alicyclic amines) is 1. The third kappa shape index (κ3) is 3.76. The third-order valence-corrected chi connectivity index (χ3v) is 4.11. The van der Waals surface area contributed by atoms with Gasteiger partial charge >= 0.3 is 0 Å². The van der Waals surface area contributed by atoms with Gasteiger partial charge in [-0.1, -0.05) is 13.8 Å². The van der Waals surface area contributed by atoms with Crippen molar-refractivity contribution in [3.63, 3.8) is 0 Å². The molecule has 0 bridgehead atoms. The summed E-state index contributed by atoms with van der Waals surface area (Å²) in [5.74, 6) is 0. The molecule has 0 saturated carbocycles. The molecular formula is C13H23N3S. The number of aryl methyl sites for hydroxylation is 1. The molecule has 0 spiro atoms. The second-order valence-corrected chi connectivity index (χ2v) is 6.25. The van der Waals surface area contributed by atoms with Crippen LogP contribution >= 0.6 is 11.3 Å². The van der Waals surface area contributed by atoms with Crippen LogP contribution in [0, 0.1) is 6.92 Å². The van der Waals surface area contributed by atoms with E-state index in [-0.39, 0.29) is 0 Å². The van der Waals surface area contributed by atoms with Crippen LogP contribution in [0.5, 0.6) is 0 Å². The minimum absolute atomic E-state index is 0.582. The van der Waals surface area contributed by atoms with Crippen molar-refractivity contribution in [3.8, 4) is 0 Å². The quantitative estimate of drug-likeness (QED) is 0.873. The number of hydrogen-bond donors (Lipinski definition) is 1. The number of nitrogens with zero attached hydrogens (tertiary/aromatic N) is 2. The first-order valence-electron chi connectivity index (χ1n) is 6.53. The summed E-state index contributed by atoms with van der Waals surface area (Å²) < 4.78 is 0. The van der Waals surface area contributed by atoms with Crippen LogP contribution in [0.1, 0.15) is 37.4 Å². The van der Waals surface area contributed by atoms with Crippen molar-refractivity contribution in [2.75, 3.05) is 13.1 Å². The first-order valence-corrected chi connectivity index (χ1v) is 7.41. The summed E-state index contributed by atoms with van der Waals surface area (Å²) in [5, 5.41) is 6.92. The Morgan fingerprint density at radius 3 is 3.06 bits per heavy atom. The lowest BCUT2D eigenvalue weighted by atomic mass is 10.2. The molecule has 1 saturated heterocycles. The number of hydrogen-bond acceptors (Lipinski definition) is 4. The topological polar surface area (TPSA) is 28.2 Å². The second kappa shape index (κ2) is 5.94. The Hall–Kier alpha value is -0.450. The largest absolute Gasteiger partial charge is 0.313 e. The van der Waals surface area contributed by atoms with Gasteiger partial charge < -0.3 is 5.32 Å². The number of nitrogens with one attached hydrogen (secondary N) is 1. The van der Waals surface area contributed by atoms with Crippen molar-refractivity contribution in [2.45, 2.75) is 52.2 Å². The molecule has 1 unspecified atom stereocenters. The standard InChI is InChI=1S/C13H23N3S/c1-10(2)14-7-13-5-4-6-16(13)8-12-9-17-11(3)15-12/h9-10,13-14H,4-8H2,1-3H3. The highest BCUT2D eigenvalue weighted by molar-refractivity contribution is 7.09. The van der Waals surface area contributed by atoms with Gasteiger partial charge in [-0.3, -0.25) is 4.90 Å². The first kappa shape index (κ1) is 13.0. The normalized spacial score (nSPS) is 21.5. The fourth-order valence-electron chi connectivity index (χ4n) is 2.40. The summed E-state index contributed by atoms with van der Waals surface area (Å²) in [6.45, 7) is 9.86. The van der Waals surface area contributed by atoms with Gasteiger partial charge in [-0.15, -0.1) is 11.3 Å². The average Bonchev–Trinajstić information content (AvgIpc) is 2.86. The summed E-state index contributed by atoms with van der Waals surface area (Å²) in [5.41, 5.74) is 1.24.